The summed E-state index contributed by atoms with van der Waals surface area (Å²) < 4.78 is 0. The Kier molecular flexibility index (Phi) is 3.18. The van der Waals surface area contributed by atoms with E-state index in [1.54, 1.807) is 11.3 Å². The van der Waals surface area contributed by atoms with Gasteiger partial charge in [0.1, 0.15) is 0 Å². The van der Waals surface area contributed by atoms with E-state index >= 15 is 0 Å². The molecule has 2 aromatic rings. The maximum Gasteiger partial charge on any atom is 0.0954 e. The number of thiazole rings is 1. The highest BCUT2D eigenvalue weighted by molar-refractivity contribution is 7.09. The molecule has 1 saturated carbocycles. The van der Waals surface area contributed by atoms with E-state index in [1.165, 1.54) is 5.56 Å². The molecular weight excluding hydrogens is 242 g/mol. The Morgan fingerprint density at radius 1 is 1.39 bits per heavy atom. The Bertz CT molecular complexity index is 522. The summed E-state index contributed by atoms with van der Waals surface area (Å²) in [5.74, 6) is 0.957. The van der Waals surface area contributed by atoms with E-state index in [-0.39, 0.29) is 6.10 Å². The molecule has 18 heavy (non-hydrogen) atoms. The normalized spacial score (nSPS) is 23.9. The van der Waals surface area contributed by atoms with E-state index in [9.17, 15) is 5.11 Å². The molecule has 1 fully saturated rings. The smallest absolute Gasteiger partial charge is 0.0954 e. The Morgan fingerprint density at radius 2 is 2.17 bits per heavy atom. The maximum absolute atomic E-state index is 10.3. The van der Waals surface area contributed by atoms with Crippen molar-refractivity contribution in [1.29, 1.82) is 0 Å². The van der Waals surface area contributed by atoms with Gasteiger partial charge in [0.2, 0.25) is 0 Å². The summed E-state index contributed by atoms with van der Waals surface area (Å²) in [5, 5.41) is 13.3. The van der Waals surface area contributed by atoms with E-state index in [2.05, 4.69) is 29.2 Å². The minimum atomic E-state index is -0.249. The second-order valence-corrected chi connectivity index (χ2v) is 6.01. The van der Waals surface area contributed by atoms with Crippen LogP contribution in [0.15, 0.2) is 35.7 Å². The van der Waals surface area contributed by atoms with Gasteiger partial charge >= 0.3 is 0 Å². The first kappa shape index (κ1) is 11.9. The number of hydrogen-bond acceptors (Lipinski definition) is 3. The molecule has 2 nitrogen and oxygen atoms in total. The van der Waals surface area contributed by atoms with Gasteiger partial charge < -0.3 is 5.11 Å². The predicted octanol–water partition coefficient (Wildman–Crippen LogP) is 3.16. The number of aliphatic hydroxyl groups is 1. The van der Waals surface area contributed by atoms with Crippen molar-refractivity contribution < 1.29 is 5.11 Å². The Hall–Kier alpha value is -1.19. The van der Waals surface area contributed by atoms with Gasteiger partial charge in [-0.2, -0.15) is 0 Å². The van der Waals surface area contributed by atoms with E-state index in [4.69, 9.17) is 0 Å². The van der Waals surface area contributed by atoms with Crippen LogP contribution in [0.4, 0.5) is 0 Å². The molecule has 0 amide bonds. The van der Waals surface area contributed by atoms with Crippen molar-refractivity contribution in [1.82, 2.24) is 4.98 Å². The quantitative estimate of drug-likeness (QED) is 0.915. The Morgan fingerprint density at radius 3 is 2.83 bits per heavy atom. The number of aryl methyl sites for hydroxylation is 1. The van der Waals surface area contributed by atoms with E-state index in [1.807, 2.05) is 18.4 Å². The summed E-state index contributed by atoms with van der Waals surface area (Å²) in [4.78, 5) is 4.42. The number of benzene rings is 1. The summed E-state index contributed by atoms with van der Waals surface area (Å²) >= 11 is 1.65. The van der Waals surface area contributed by atoms with Crippen LogP contribution >= 0.6 is 11.3 Å². The standard InChI is InChI=1S/C15H17NOS/c1-10-9-18-15(16-10)8-14(17)13-7-12(13)11-5-3-2-4-6-11/h2-6,9,12-14,17H,7-8H2,1H3. The highest BCUT2D eigenvalue weighted by Crippen LogP contribution is 2.50. The molecule has 1 aromatic heterocycles. The van der Waals surface area contributed by atoms with Crippen LogP contribution < -0.4 is 0 Å². The zero-order valence-corrected chi connectivity index (χ0v) is 11.2. The van der Waals surface area contributed by atoms with Crippen molar-refractivity contribution in [2.45, 2.75) is 31.8 Å². The lowest BCUT2D eigenvalue weighted by Gasteiger charge is -2.08. The molecule has 1 N–H and O–H groups in total. The van der Waals surface area contributed by atoms with Gasteiger partial charge in [0, 0.05) is 17.5 Å². The third-order valence-electron chi connectivity index (χ3n) is 3.61. The molecule has 3 atom stereocenters. The van der Waals surface area contributed by atoms with Gasteiger partial charge in [-0.1, -0.05) is 30.3 Å². The van der Waals surface area contributed by atoms with Gasteiger partial charge in [0.05, 0.1) is 11.1 Å². The minimum absolute atomic E-state index is 0.249. The van der Waals surface area contributed by atoms with Crippen molar-refractivity contribution in [3.05, 3.63) is 52.0 Å². The number of aliphatic hydroxyl groups excluding tert-OH is 1. The molecule has 1 aliphatic carbocycles. The summed E-state index contributed by atoms with van der Waals surface area (Å²) in [7, 11) is 0. The average Bonchev–Trinajstić information content (AvgIpc) is 3.09. The minimum Gasteiger partial charge on any atom is -0.392 e. The number of aromatic nitrogens is 1. The van der Waals surface area contributed by atoms with Crippen molar-refractivity contribution in [2.75, 3.05) is 0 Å². The molecule has 0 aliphatic heterocycles. The average molecular weight is 259 g/mol. The van der Waals surface area contributed by atoms with Gasteiger partial charge in [-0.25, -0.2) is 4.98 Å². The lowest BCUT2D eigenvalue weighted by Crippen LogP contribution is -2.14. The van der Waals surface area contributed by atoms with Gasteiger partial charge in [-0.15, -0.1) is 11.3 Å². The Labute approximate surface area is 111 Å². The lowest BCUT2D eigenvalue weighted by molar-refractivity contribution is 0.149. The van der Waals surface area contributed by atoms with Crippen LogP contribution in [0.25, 0.3) is 0 Å². The van der Waals surface area contributed by atoms with Gasteiger partial charge in [-0.3, -0.25) is 0 Å². The molecule has 0 saturated heterocycles. The fourth-order valence-electron chi connectivity index (χ4n) is 2.55. The molecule has 1 aromatic carbocycles. The van der Waals surface area contributed by atoms with Crippen molar-refractivity contribution >= 4 is 11.3 Å². The largest absolute Gasteiger partial charge is 0.392 e. The second-order valence-electron chi connectivity index (χ2n) is 5.07. The first-order chi connectivity index (χ1) is 8.74. The summed E-state index contributed by atoms with van der Waals surface area (Å²) in [6.45, 7) is 2.00. The van der Waals surface area contributed by atoms with Crippen LogP contribution in [0.3, 0.4) is 0 Å². The van der Waals surface area contributed by atoms with Crippen molar-refractivity contribution in [3.63, 3.8) is 0 Å². The summed E-state index contributed by atoms with van der Waals surface area (Å²) in [6.07, 6.45) is 1.56. The Balaban J connectivity index is 1.61. The lowest BCUT2D eigenvalue weighted by atomic mass is 10.1. The van der Waals surface area contributed by atoms with Crippen LogP contribution in [-0.2, 0) is 6.42 Å². The topological polar surface area (TPSA) is 33.1 Å². The summed E-state index contributed by atoms with van der Waals surface area (Å²) in [5.41, 5.74) is 2.41. The third-order valence-corrected chi connectivity index (χ3v) is 4.60. The van der Waals surface area contributed by atoms with Crippen LogP contribution in [0.5, 0.6) is 0 Å². The highest BCUT2D eigenvalue weighted by Gasteiger charge is 2.43. The molecule has 1 aliphatic rings. The fourth-order valence-corrected chi connectivity index (χ4v) is 3.37. The molecule has 3 heteroatoms. The predicted molar refractivity (Wildman–Crippen MR) is 73.9 cm³/mol. The van der Waals surface area contributed by atoms with Crippen LogP contribution in [-0.4, -0.2) is 16.2 Å². The van der Waals surface area contributed by atoms with Crippen LogP contribution in [0, 0.1) is 12.8 Å². The molecule has 0 spiro atoms. The molecule has 0 bridgehead atoms. The zero-order chi connectivity index (χ0) is 12.5. The van der Waals surface area contributed by atoms with E-state index < -0.39 is 0 Å². The second kappa shape index (κ2) is 4.82. The molecular formula is C15H17NOS. The first-order valence-electron chi connectivity index (χ1n) is 6.38. The highest BCUT2D eigenvalue weighted by atomic mass is 32.1. The molecule has 0 radical (unpaired) electrons. The SMILES string of the molecule is Cc1csc(CC(O)C2CC2c2ccccc2)n1. The van der Waals surface area contributed by atoms with Gasteiger partial charge in [0.15, 0.2) is 0 Å². The van der Waals surface area contributed by atoms with Crippen molar-refractivity contribution in [3.8, 4) is 0 Å². The molecule has 1 heterocycles. The number of nitrogens with zero attached hydrogens (tertiary/aromatic N) is 1. The van der Waals surface area contributed by atoms with Crippen molar-refractivity contribution in [2.24, 2.45) is 5.92 Å². The number of hydrogen-bond donors (Lipinski definition) is 1. The first-order valence-corrected chi connectivity index (χ1v) is 7.26. The van der Waals surface area contributed by atoms with E-state index in [0.29, 0.717) is 18.3 Å². The van der Waals surface area contributed by atoms with Gasteiger partial charge in [-0.05, 0) is 30.7 Å². The van der Waals surface area contributed by atoms with Crippen LogP contribution in [0.2, 0.25) is 0 Å². The molecule has 3 unspecified atom stereocenters. The summed E-state index contributed by atoms with van der Waals surface area (Å²) in [6, 6.07) is 10.5. The third kappa shape index (κ3) is 2.47. The fraction of sp³-hybridized carbons (Fsp3) is 0.400. The zero-order valence-electron chi connectivity index (χ0n) is 10.4. The van der Waals surface area contributed by atoms with Gasteiger partial charge in [0.25, 0.3) is 0 Å². The monoisotopic (exact) mass is 259 g/mol. The van der Waals surface area contributed by atoms with Crippen LogP contribution in [0.1, 0.15) is 28.6 Å². The molecule has 94 valence electrons. The molecule has 3 rings (SSSR count). The number of rotatable bonds is 4. The maximum atomic E-state index is 10.3. The van der Waals surface area contributed by atoms with E-state index in [0.717, 1.165) is 17.1 Å².